The number of carbonyl (C=O) groups excluding carboxylic acids is 1. The summed E-state index contributed by atoms with van der Waals surface area (Å²) < 4.78 is 5.55. The number of rotatable bonds is 8. The molecule has 1 amide bonds. The van der Waals surface area contributed by atoms with Crippen LogP contribution in [-0.2, 0) is 22.7 Å². The topological polar surface area (TPSA) is 38.3 Å². The van der Waals surface area contributed by atoms with E-state index in [9.17, 15) is 4.79 Å². The van der Waals surface area contributed by atoms with Crippen molar-refractivity contribution < 1.29 is 9.53 Å². The maximum absolute atomic E-state index is 11.7. The van der Waals surface area contributed by atoms with Crippen LogP contribution in [0.15, 0.2) is 60.7 Å². The molecule has 0 saturated heterocycles. The quantitative estimate of drug-likeness (QED) is 0.755. The summed E-state index contributed by atoms with van der Waals surface area (Å²) >= 11 is 0. The lowest BCUT2D eigenvalue weighted by molar-refractivity contribution is -0.121. The number of benzene rings is 2. The average molecular weight is 283 g/mol. The highest BCUT2D eigenvalue weighted by Gasteiger charge is 2.01. The molecule has 1 N–H and O–H groups in total. The van der Waals surface area contributed by atoms with Gasteiger partial charge < -0.3 is 10.1 Å². The second-order valence-electron chi connectivity index (χ2n) is 4.90. The van der Waals surface area contributed by atoms with Gasteiger partial charge in [0.1, 0.15) is 0 Å². The Morgan fingerprint density at radius 1 is 0.905 bits per heavy atom. The summed E-state index contributed by atoms with van der Waals surface area (Å²) in [5, 5.41) is 2.91. The van der Waals surface area contributed by atoms with Crippen LogP contribution in [0.5, 0.6) is 0 Å². The minimum atomic E-state index is 0.0714. The second-order valence-corrected chi connectivity index (χ2v) is 4.90. The van der Waals surface area contributed by atoms with E-state index in [4.69, 9.17) is 4.74 Å². The van der Waals surface area contributed by atoms with Crippen molar-refractivity contribution >= 4 is 5.91 Å². The number of amides is 1. The monoisotopic (exact) mass is 283 g/mol. The molecule has 0 unspecified atom stereocenters. The third kappa shape index (κ3) is 6.23. The fraction of sp³-hybridized carbons (Fsp3) is 0.278. The molecular formula is C18H21NO2. The zero-order valence-electron chi connectivity index (χ0n) is 12.1. The molecule has 2 aromatic rings. The molecule has 0 aliphatic heterocycles. The zero-order chi connectivity index (χ0) is 14.8. The molecule has 0 aliphatic rings. The van der Waals surface area contributed by atoms with Gasteiger partial charge in [-0.1, -0.05) is 60.7 Å². The Morgan fingerprint density at radius 2 is 1.52 bits per heavy atom. The Labute approximate surface area is 126 Å². The van der Waals surface area contributed by atoms with Crippen molar-refractivity contribution in [2.24, 2.45) is 0 Å². The van der Waals surface area contributed by atoms with Gasteiger partial charge in [-0.3, -0.25) is 4.79 Å². The normalized spacial score (nSPS) is 10.3. The van der Waals surface area contributed by atoms with Gasteiger partial charge in [-0.25, -0.2) is 0 Å². The van der Waals surface area contributed by atoms with Crippen molar-refractivity contribution in [1.29, 1.82) is 0 Å². The van der Waals surface area contributed by atoms with Crippen molar-refractivity contribution in [3.8, 4) is 0 Å². The van der Waals surface area contributed by atoms with Crippen LogP contribution in [-0.4, -0.2) is 12.5 Å². The molecule has 0 bridgehead atoms. The summed E-state index contributed by atoms with van der Waals surface area (Å²) in [6, 6.07) is 20.0. The van der Waals surface area contributed by atoms with Crippen molar-refractivity contribution in [2.75, 3.05) is 6.61 Å². The fourth-order valence-electron chi connectivity index (χ4n) is 1.98. The second kappa shape index (κ2) is 8.93. The van der Waals surface area contributed by atoms with Crippen molar-refractivity contribution in [2.45, 2.75) is 26.0 Å². The molecule has 110 valence electrons. The first-order valence-corrected chi connectivity index (χ1v) is 7.27. The van der Waals surface area contributed by atoms with Crippen molar-refractivity contribution in [3.05, 3.63) is 71.8 Å². The van der Waals surface area contributed by atoms with E-state index in [2.05, 4.69) is 5.32 Å². The van der Waals surface area contributed by atoms with Gasteiger partial charge in [0.2, 0.25) is 5.91 Å². The molecule has 0 saturated carbocycles. The first-order chi connectivity index (χ1) is 10.3. The first kappa shape index (κ1) is 15.3. The smallest absolute Gasteiger partial charge is 0.220 e. The zero-order valence-corrected chi connectivity index (χ0v) is 12.1. The summed E-state index contributed by atoms with van der Waals surface area (Å²) in [7, 11) is 0. The molecule has 0 atom stereocenters. The predicted molar refractivity (Wildman–Crippen MR) is 83.6 cm³/mol. The Bertz CT molecular complexity index is 525. The summed E-state index contributed by atoms with van der Waals surface area (Å²) in [5.41, 5.74) is 2.28. The van der Waals surface area contributed by atoms with Crippen LogP contribution >= 0.6 is 0 Å². The number of nitrogens with one attached hydrogen (secondary N) is 1. The molecule has 2 rings (SSSR count). The average Bonchev–Trinajstić information content (AvgIpc) is 2.54. The molecule has 3 nitrogen and oxygen atoms in total. The van der Waals surface area contributed by atoms with Crippen molar-refractivity contribution in [1.82, 2.24) is 5.32 Å². The van der Waals surface area contributed by atoms with Crippen molar-refractivity contribution in [3.63, 3.8) is 0 Å². The Hall–Kier alpha value is -2.13. The van der Waals surface area contributed by atoms with Gasteiger partial charge in [-0.15, -0.1) is 0 Å². The molecule has 0 aromatic heterocycles. The molecule has 2 aromatic carbocycles. The Morgan fingerprint density at radius 3 is 2.19 bits per heavy atom. The van der Waals surface area contributed by atoms with Gasteiger partial charge in [0.15, 0.2) is 0 Å². The highest BCUT2D eigenvalue weighted by molar-refractivity contribution is 5.75. The third-order valence-corrected chi connectivity index (χ3v) is 3.14. The number of carbonyl (C=O) groups is 1. The predicted octanol–water partition coefficient (Wildman–Crippen LogP) is 3.30. The van der Waals surface area contributed by atoms with E-state index in [0.29, 0.717) is 26.2 Å². The van der Waals surface area contributed by atoms with Crippen LogP contribution in [0.1, 0.15) is 24.0 Å². The third-order valence-electron chi connectivity index (χ3n) is 3.14. The summed E-state index contributed by atoms with van der Waals surface area (Å²) in [6.45, 7) is 1.80. The van der Waals surface area contributed by atoms with Gasteiger partial charge in [0.25, 0.3) is 0 Å². The van der Waals surface area contributed by atoms with Gasteiger partial charge >= 0.3 is 0 Å². The molecule has 3 heteroatoms. The first-order valence-electron chi connectivity index (χ1n) is 7.27. The summed E-state index contributed by atoms with van der Waals surface area (Å²) in [5.74, 6) is 0.0714. The standard InChI is InChI=1S/C18H21NO2/c20-18(19-14-16-8-3-1-4-9-16)12-7-13-21-15-17-10-5-2-6-11-17/h1-6,8-11H,7,12-15H2,(H,19,20). The van der Waals surface area contributed by atoms with E-state index >= 15 is 0 Å². The lowest BCUT2D eigenvalue weighted by atomic mass is 10.2. The van der Waals surface area contributed by atoms with Crippen LogP contribution in [0.2, 0.25) is 0 Å². The molecule has 0 fully saturated rings. The molecule has 0 radical (unpaired) electrons. The summed E-state index contributed by atoms with van der Waals surface area (Å²) in [6.07, 6.45) is 1.25. The van der Waals surface area contributed by atoms with Crippen LogP contribution < -0.4 is 5.32 Å². The highest BCUT2D eigenvalue weighted by atomic mass is 16.5. The number of hydrogen-bond acceptors (Lipinski definition) is 2. The maximum atomic E-state index is 11.7. The van der Waals surface area contributed by atoms with Gasteiger partial charge in [-0.2, -0.15) is 0 Å². The molecule has 21 heavy (non-hydrogen) atoms. The minimum absolute atomic E-state index is 0.0714. The Balaban J connectivity index is 1.53. The van der Waals surface area contributed by atoms with Gasteiger partial charge in [0.05, 0.1) is 6.61 Å². The minimum Gasteiger partial charge on any atom is -0.377 e. The fourth-order valence-corrected chi connectivity index (χ4v) is 1.98. The lowest BCUT2D eigenvalue weighted by Crippen LogP contribution is -2.22. The van der Waals surface area contributed by atoms with E-state index in [0.717, 1.165) is 17.5 Å². The van der Waals surface area contributed by atoms with E-state index < -0.39 is 0 Å². The van der Waals surface area contributed by atoms with Crippen LogP contribution in [0, 0.1) is 0 Å². The molecular weight excluding hydrogens is 262 g/mol. The lowest BCUT2D eigenvalue weighted by Gasteiger charge is -2.06. The number of hydrogen-bond donors (Lipinski definition) is 1. The molecule has 0 spiro atoms. The van der Waals surface area contributed by atoms with E-state index in [-0.39, 0.29) is 5.91 Å². The van der Waals surface area contributed by atoms with E-state index in [1.807, 2.05) is 60.7 Å². The van der Waals surface area contributed by atoms with Crippen LogP contribution in [0.3, 0.4) is 0 Å². The summed E-state index contributed by atoms with van der Waals surface area (Å²) in [4.78, 5) is 11.7. The van der Waals surface area contributed by atoms with Gasteiger partial charge in [-0.05, 0) is 17.5 Å². The SMILES string of the molecule is O=C(CCCOCc1ccccc1)NCc1ccccc1. The number of ether oxygens (including phenoxy) is 1. The molecule has 0 heterocycles. The maximum Gasteiger partial charge on any atom is 0.220 e. The largest absolute Gasteiger partial charge is 0.377 e. The van der Waals surface area contributed by atoms with E-state index in [1.165, 1.54) is 0 Å². The van der Waals surface area contributed by atoms with E-state index in [1.54, 1.807) is 0 Å². The van der Waals surface area contributed by atoms with Crippen LogP contribution in [0.25, 0.3) is 0 Å². The van der Waals surface area contributed by atoms with Crippen LogP contribution in [0.4, 0.5) is 0 Å². The Kier molecular flexibility index (Phi) is 6.49. The van der Waals surface area contributed by atoms with Gasteiger partial charge in [0, 0.05) is 19.6 Å². The molecule has 0 aliphatic carbocycles. The highest BCUT2D eigenvalue weighted by Crippen LogP contribution is 2.02.